The van der Waals surface area contributed by atoms with Gasteiger partial charge >= 0.3 is 6.09 Å². The van der Waals surface area contributed by atoms with Crippen molar-refractivity contribution in [1.82, 2.24) is 10.6 Å². The van der Waals surface area contributed by atoms with E-state index >= 15 is 0 Å². The van der Waals surface area contributed by atoms with Crippen LogP contribution >= 0.6 is 0 Å². The Hall–Kier alpha value is -2.11. The number of carbonyl (C=O) groups excluding carboxylic acids is 2. The molecule has 2 atom stereocenters. The summed E-state index contributed by atoms with van der Waals surface area (Å²) in [5, 5.41) is 5.74. The van der Waals surface area contributed by atoms with Gasteiger partial charge in [0.15, 0.2) is 0 Å². The third kappa shape index (κ3) is 5.83. The first kappa shape index (κ1) is 18.2. The van der Waals surface area contributed by atoms with E-state index in [1.807, 2.05) is 20.8 Å². The Morgan fingerprint density at radius 2 is 1.88 bits per heavy atom. The first-order chi connectivity index (χ1) is 11.2. The minimum atomic E-state index is -0.509. The molecule has 0 bridgehead atoms. The molecule has 0 aromatic heterocycles. The molecule has 2 N–H and O–H groups in total. The Bertz CT molecular complexity index is 581. The lowest BCUT2D eigenvalue weighted by molar-refractivity contribution is 0.0504. The molecule has 1 saturated carbocycles. The molecule has 24 heavy (non-hydrogen) atoms. The maximum absolute atomic E-state index is 12.9. The molecule has 0 spiro atoms. The van der Waals surface area contributed by atoms with Gasteiger partial charge in [-0.05, 0) is 70.2 Å². The molecule has 5 nitrogen and oxygen atoms in total. The van der Waals surface area contributed by atoms with Crippen LogP contribution in [0.3, 0.4) is 0 Å². The standard InChI is InChI=1S/C18H25FN2O3/c1-18(2,3)24-17(23)21-15-9-4-12(10-15)11-20-16(22)13-5-7-14(19)8-6-13/h5-8,12,15H,4,9-11H2,1-3H3,(H,20,22)(H,21,23)/t12-,15+/m1/s1. The summed E-state index contributed by atoms with van der Waals surface area (Å²) in [5.41, 5.74) is -0.0663. The van der Waals surface area contributed by atoms with Gasteiger partial charge in [0, 0.05) is 18.2 Å². The number of hydrogen-bond donors (Lipinski definition) is 2. The number of nitrogens with one attached hydrogen (secondary N) is 2. The molecule has 0 aliphatic heterocycles. The van der Waals surface area contributed by atoms with E-state index in [2.05, 4.69) is 10.6 Å². The highest BCUT2D eigenvalue weighted by molar-refractivity contribution is 5.94. The summed E-state index contributed by atoms with van der Waals surface area (Å²) in [4.78, 5) is 23.8. The quantitative estimate of drug-likeness (QED) is 0.887. The summed E-state index contributed by atoms with van der Waals surface area (Å²) in [7, 11) is 0. The van der Waals surface area contributed by atoms with E-state index in [1.54, 1.807) is 0 Å². The summed E-state index contributed by atoms with van der Waals surface area (Å²) in [6.07, 6.45) is 2.21. The van der Waals surface area contributed by atoms with E-state index in [4.69, 9.17) is 4.74 Å². The second kappa shape index (κ2) is 7.64. The predicted octanol–water partition coefficient (Wildman–Crippen LogP) is 3.25. The Morgan fingerprint density at radius 3 is 2.50 bits per heavy atom. The molecular formula is C18H25FN2O3. The van der Waals surface area contributed by atoms with Gasteiger partial charge in [0.25, 0.3) is 5.91 Å². The number of benzene rings is 1. The van der Waals surface area contributed by atoms with Crippen molar-refractivity contribution in [3.63, 3.8) is 0 Å². The first-order valence-electron chi connectivity index (χ1n) is 8.26. The lowest BCUT2D eigenvalue weighted by Gasteiger charge is -2.21. The predicted molar refractivity (Wildman–Crippen MR) is 89.2 cm³/mol. The molecule has 1 aliphatic carbocycles. The van der Waals surface area contributed by atoms with Gasteiger partial charge in [-0.1, -0.05) is 0 Å². The molecular weight excluding hydrogens is 311 g/mol. The van der Waals surface area contributed by atoms with Gasteiger partial charge in [-0.3, -0.25) is 4.79 Å². The van der Waals surface area contributed by atoms with Gasteiger partial charge in [0.05, 0.1) is 0 Å². The molecule has 1 aromatic rings. The topological polar surface area (TPSA) is 67.4 Å². The van der Waals surface area contributed by atoms with Crippen molar-refractivity contribution in [3.8, 4) is 0 Å². The fraction of sp³-hybridized carbons (Fsp3) is 0.556. The van der Waals surface area contributed by atoms with Crippen LogP contribution in [0.4, 0.5) is 9.18 Å². The molecule has 1 fully saturated rings. The molecule has 0 unspecified atom stereocenters. The molecule has 6 heteroatoms. The van der Waals surface area contributed by atoms with Crippen molar-refractivity contribution in [2.75, 3.05) is 6.54 Å². The number of rotatable bonds is 4. The summed E-state index contributed by atoms with van der Waals surface area (Å²) in [6.45, 7) is 6.03. The van der Waals surface area contributed by atoms with Gasteiger partial charge in [0.2, 0.25) is 0 Å². The summed E-state index contributed by atoms with van der Waals surface area (Å²) < 4.78 is 18.1. The van der Waals surface area contributed by atoms with Crippen molar-refractivity contribution < 1.29 is 18.7 Å². The molecule has 132 valence electrons. The van der Waals surface area contributed by atoms with Crippen LogP contribution in [0.5, 0.6) is 0 Å². The van der Waals surface area contributed by atoms with Crippen LogP contribution in [0.2, 0.25) is 0 Å². The van der Waals surface area contributed by atoms with Crippen LogP contribution < -0.4 is 10.6 Å². The maximum atomic E-state index is 12.9. The molecule has 0 saturated heterocycles. The highest BCUT2D eigenvalue weighted by atomic mass is 19.1. The number of alkyl carbamates (subject to hydrolysis) is 1. The zero-order chi connectivity index (χ0) is 17.7. The second-order valence-electron chi connectivity index (χ2n) is 7.24. The molecule has 0 heterocycles. The minimum Gasteiger partial charge on any atom is -0.444 e. The van der Waals surface area contributed by atoms with Gasteiger partial charge in [0.1, 0.15) is 11.4 Å². The van der Waals surface area contributed by atoms with E-state index in [9.17, 15) is 14.0 Å². The molecule has 0 radical (unpaired) electrons. The van der Waals surface area contributed by atoms with Crippen molar-refractivity contribution >= 4 is 12.0 Å². The normalized spacial score (nSPS) is 20.5. The zero-order valence-corrected chi connectivity index (χ0v) is 14.4. The third-order valence-electron chi connectivity index (χ3n) is 3.92. The van der Waals surface area contributed by atoms with E-state index in [1.165, 1.54) is 24.3 Å². The fourth-order valence-electron chi connectivity index (χ4n) is 2.81. The fourth-order valence-corrected chi connectivity index (χ4v) is 2.81. The van der Waals surface area contributed by atoms with Crippen molar-refractivity contribution in [2.45, 2.75) is 51.7 Å². The van der Waals surface area contributed by atoms with Crippen LogP contribution in [0.25, 0.3) is 0 Å². The lowest BCUT2D eigenvalue weighted by atomic mass is 10.1. The SMILES string of the molecule is CC(C)(C)OC(=O)N[C@H]1CC[C@@H](CNC(=O)c2ccc(F)cc2)C1. The minimum absolute atomic E-state index is 0.0765. The summed E-state index contributed by atoms with van der Waals surface area (Å²) >= 11 is 0. The smallest absolute Gasteiger partial charge is 0.407 e. The second-order valence-corrected chi connectivity index (χ2v) is 7.24. The lowest BCUT2D eigenvalue weighted by Crippen LogP contribution is -2.38. The van der Waals surface area contributed by atoms with Crippen molar-refractivity contribution in [3.05, 3.63) is 35.6 Å². The number of ether oxygens (including phenoxy) is 1. The van der Waals surface area contributed by atoms with E-state index < -0.39 is 11.7 Å². The number of hydrogen-bond acceptors (Lipinski definition) is 3. The number of halogens is 1. The zero-order valence-electron chi connectivity index (χ0n) is 14.4. The highest BCUT2D eigenvalue weighted by Gasteiger charge is 2.27. The van der Waals surface area contributed by atoms with Crippen LogP contribution in [0.1, 0.15) is 50.4 Å². The van der Waals surface area contributed by atoms with Gasteiger partial charge in [-0.25, -0.2) is 9.18 Å². The molecule has 2 amide bonds. The number of amides is 2. The number of carbonyl (C=O) groups is 2. The van der Waals surface area contributed by atoms with Gasteiger partial charge in [-0.15, -0.1) is 0 Å². The molecule has 1 aromatic carbocycles. The Balaban J connectivity index is 1.73. The average molecular weight is 336 g/mol. The largest absolute Gasteiger partial charge is 0.444 e. The van der Waals surface area contributed by atoms with Gasteiger partial charge < -0.3 is 15.4 Å². The van der Waals surface area contributed by atoms with Crippen molar-refractivity contribution in [1.29, 1.82) is 0 Å². The van der Waals surface area contributed by atoms with E-state index in [-0.39, 0.29) is 17.8 Å². The average Bonchev–Trinajstić information content (AvgIpc) is 2.91. The third-order valence-corrected chi connectivity index (χ3v) is 3.92. The molecule has 1 aliphatic rings. The summed E-state index contributed by atoms with van der Waals surface area (Å²) in [5.74, 6) is -0.258. The Labute approximate surface area is 142 Å². The monoisotopic (exact) mass is 336 g/mol. The van der Waals surface area contributed by atoms with Crippen LogP contribution in [0.15, 0.2) is 24.3 Å². The van der Waals surface area contributed by atoms with Crippen LogP contribution in [0, 0.1) is 11.7 Å². The maximum Gasteiger partial charge on any atom is 0.407 e. The van der Waals surface area contributed by atoms with E-state index in [0.29, 0.717) is 18.0 Å². The first-order valence-corrected chi connectivity index (χ1v) is 8.26. The van der Waals surface area contributed by atoms with Gasteiger partial charge in [-0.2, -0.15) is 0 Å². The summed E-state index contributed by atoms with van der Waals surface area (Å²) in [6, 6.07) is 5.54. The van der Waals surface area contributed by atoms with Crippen LogP contribution in [-0.4, -0.2) is 30.2 Å². The Morgan fingerprint density at radius 1 is 1.21 bits per heavy atom. The Kier molecular flexibility index (Phi) is 5.80. The molecule has 2 rings (SSSR count). The van der Waals surface area contributed by atoms with Crippen LogP contribution in [-0.2, 0) is 4.74 Å². The van der Waals surface area contributed by atoms with E-state index in [0.717, 1.165) is 19.3 Å². The highest BCUT2D eigenvalue weighted by Crippen LogP contribution is 2.25. The van der Waals surface area contributed by atoms with Crippen molar-refractivity contribution in [2.24, 2.45) is 5.92 Å².